The van der Waals surface area contributed by atoms with Gasteiger partial charge < -0.3 is 15.0 Å². The van der Waals surface area contributed by atoms with Crippen molar-refractivity contribution in [2.24, 2.45) is 5.92 Å². The van der Waals surface area contributed by atoms with Crippen molar-refractivity contribution in [2.75, 3.05) is 26.7 Å². The van der Waals surface area contributed by atoms with Gasteiger partial charge in [-0.3, -0.25) is 14.2 Å². The second kappa shape index (κ2) is 10.7. The molecule has 0 spiro atoms. The van der Waals surface area contributed by atoms with Crippen molar-refractivity contribution in [3.8, 4) is 5.75 Å². The van der Waals surface area contributed by atoms with Crippen LogP contribution in [0.4, 0.5) is 0 Å². The number of halogens is 1. The molecule has 3 aromatic rings. The monoisotopic (exact) mass is 513 g/mol. The highest BCUT2D eigenvalue weighted by Crippen LogP contribution is 2.26. The Morgan fingerprint density at radius 3 is 2.77 bits per heavy atom. The summed E-state index contributed by atoms with van der Waals surface area (Å²) >= 11 is 7.28. The number of methoxy groups -OCH3 is 1. The average Bonchev–Trinajstić information content (AvgIpc) is 3.03. The zero-order valence-corrected chi connectivity index (χ0v) is 21.7. The SMILES string of the molecule is COc1ccc2c(c1)CC(NCC1CCN(C(=O)Cn3c(=O)sc4ccc(Cl)cc43)CC1)CCC2. The molecule has 2 heterocycles. The maximum atomic E-state index is 13.0. The van der Waals surface area contributed by atoms with Crippen molar-refractivity contribution in [3.63, 3.8) is 0 Å². The molecule has 1 atom stereocenters. The van der Waals surface area contributed by atoms with Gasteiger partial charge in [0.1, 0.15) is 12.3 Å². The highest BCUT2D eigenvalue weighted by Gasteiger charge is 2.25. The molecule has 1 unspecified atom stereocenters. The first-order valence-corrected chi connectivity index (χ1v) is 13.7. The Hall–Kier alpha value is -2.35. The predicted molar refractivity (Wildman–Crippen MR) is 142 cm³/mol. The molecule has 1 fully saturated rings. The van der Waals surface area contributed by atoms with E-state index >= 15 is 0 Å². The molecule has 6 nitrogen and oxygen atoms in total. The quantitative estimate of drug-likeness (QED) is 0.493. The normalized spacial score (nSPS) is 18.9. The lowest BCUT2D eigenvalue weighted by atomic mass is 9.95. The lowest BCUT2D eigenvalue weighted by molar-refractivity contribution is -0.133. The number of likely N-dealkylation sites (tertiary alicyclic amines) is 1. The first-order valence-electron chi connectivity index (χ1n) is 12.5. The number of nitrogens with zero attached hydrogens (tertiary/aromatic N) is 2. The fraction of sp³-hybridized carbons (Fsp3) is 0.481. The number of carbonyl (C=O) groups is 1. The number of amides is 1. The van der Waals surface area contributed by atoms with E-state index in [-0.39, 0.29) is 17.3 Å². The van der Waals surface area contributed by atoms with E-state index in [0.717, 1.165) is 72.6 Å². The molecule has 0 radical (unpaired) electrons. The van der Waals surface area contributed by atoms with Crippen LogP contribution in [0.15, 0.2) is 41.2 Å². The third-order valence-electron chi connectivity index (χ3n) is 7.46. The molecule has 8 heteroatoms. The van der Waals surface area contributed by atoms with Gasteiger partial charge in [0, 0.05) is 24.2 Å². The third-order valence-corrected chi connectivity index (χ3v) is 8.66. The Balaban J connectivity index is 1.13. The van der Waals surface area contributed by atoms with Crippen molar-refractivity contribution in [1.29, 1.82) is 0 Å². The highest BCUT2D eigenvalue weighted by atomic mass is 35.5. The maximum absolute atomic E-state index is 13.0. The molecule has 2 aliphatic rings. The number of hydrogen-bond acceptors (Lipinski definition) is 5. The van der Waals surface area contributed by atoms with E-state index in [9.17, 15) is 9.59 Å². The summed E-state index contributed by atoms with van der Waals surface area (Å²) in [6, 6.07) is 12.3. The van der Waals surface area contributed by atoms with Crippen molar-refractivity contribution in [3.05, 3.63) is 62.2 Å². The molecule has 0 bridgehead atoms. The Bertz CT molecular complexity index is 1260. The van der Waals surface area contributed by atoms with E-state index in [2.05, 4.69) is 23.5 Å². The third kappa shape index (κ3) is 5.57. The van der Waals surface area contributed by atoms with Crippen LogP contribution in [0.2, 0.25) is 5.02 Å². The van der Waals surface area contributed by atoms with E-state index < -0.39 is 0 Å². The van der Waals surface area contributed by atoms with Crippen LogP contribution in [-0.2, 0) is 24.2 Å². The Kier molecular flexibility index (Phi) is 7.46. The van der Waals surface area contributed by atoms with E-state index in [1.807, 2.05) is 11.0 Å². The van der Waals surface area contributed by atoms with Gasteiger partial charge in [-0.15, -0.1) is 0 Å². The average molecular weight is 514 g/mol. The van der Waals surface area contributed by atoms with Crippen molar-refractivity contribution >= 4 is 39.1 Å². The Labute approximate surface area is 214 Å². The molecular weight excluding hydrogens is 482 g/mol. The molecule has 1 amide bonds. The fourth-order valence-corrected chi connectivity index (χ4v) is 6.42. The Morgan fingerprint density at radius 2 is 1.97 bits per heavy atom. The molecule has 186 valence electrons. The van der Waals surface area contributed by atoms with Gasteiger partial charge >= 0.3 is 4.87 Å². The number of fused-ring (bicyclic) bond motifs is 2. The van der Waals surface area contributed by atoms with Gasteiger partial charge in [-0.05, 0) is 92.4 Å². The number of nitrogens with one attached hydrogen (secondary N) is 1. The molecule has 0 saturated carbocycles. The minimum absolute atomic E-state index is 0.00695. The molecule has 2 aromatic carbocycles. The van der Waals surface area contributed by atoms with E-state index in [4.69, 9.17) is 16.3 Å². The molecule has 1 aromatic heterocycles. The summed E-state index contributed by atoms with van der Waals surface area (Å²) in [5.74, 6) is 1.50. The molecule has 1 saturated heterocycles. The molecule has 35 heavy (non-hydrogen) atoms. The van der Waals surface area contributed by atoms with Gasteiger partial charge in [0.05, 0.1) is 17.3 Å². The number of aromatic nitrogens is 1. The first-order chi connectivity index (χ1) is 17.0. The van der Waals surface area contributed by atoms with Gasteiger partial charge in [0.25, 0.3) is 0 Å². The van der Waals surface area contributed by atoms with Crippen LogP contribution in [0.5, 0.6) is 5.75 Å². The molecule has 5 rings (SSSR count). The number of piperidine rings is 1. The predicted octanol–water partition coefficient (Wildman–Crippen LogP) is 4.50. The summed E-state index contributed by atoms with van der Waals surface area (Å²) in [4.78, 5) is 27.2. The lowest BCUT2D eigenvalue weighted by Crippen LogP contribution is -2.44. The summed E-state index contributed by atoms with van der Waals surface area (Å²) in [5, 5.41) is 4.39. The summed E-state index contributed by atoms with van der Waals surface area (Å²) in [6.07, 6.45) is 6.53. The number of benzene rings is 2. The summed E-state index contributed by atoms with van der Waals surface area (Å²) in [6.45, 7) is 2.55. The largest absolute Gasteiger partial charge is 0.497 e. The van der Waals surface area contributed by atoms with Crippen molar-refractivity contribution in [2.45, 2.75) is 51.1 Å². The molecule has 1 aliphatic carbocycles. The molecule has 1 N–H and O–H groups in total. The Morgan fingerprint density at radius 1 is 1.14 bits per heavy atom. The number of hydrogen-bond donors (Lipinski definition) is 1. The minimum atomic E-state index is -0.114. The number of rotatable bonds is 6. The number of aryl methyl sites for hydroxylation is 1. The van der Waals surface area contributed by atoms with Gasteiger partial charge in [0.2, 0.25) is 5.91 Å². The highest BCUT2D eigenvalue weighted by molar-refractivity contribution is 7.16. The van der Waals surface area contributed by atoms with Crippen LogP contribution in [0, 0.1) is 5.92 Å². The lowest BCUT2D eigenvalue weighted by Gasteiger charge is -2.33. The van der Waals surface area contributed by atoms with Crippen LogP contribution >= 0.6 is 22.9 Å². The van der Waals surface area contributed by atoms with E-state index in [1.54, 1.807) is 23.8 Å². The molecule has 1 aliphatic heterocycles. The van der Waals surface area contributed by atoms with Crippen LogP contribution < -0.4 is 14.9 Å². The van der Waals surface area contributed by atoms with Gasteiger partial charge in [-0.1, -0.05) is 29.0 Å². The van der Waals surface area contributed by atoms with Gasteiger partial charge in [-0.2, -0.15) is 0 Å². The maximum Gasteiger partial charge on any atom is 0.308 e. The number of thiazole rings is 1. The van der Waals surface area contributed by atoms with E-state index in [0.29, 0.717) is 17.0 Å². The summed E-state index contributed by atoms with van der Waals surface area (Å²) < 4.78 is 7.84. The standard InChI is InChI=1S/C27H32ClN3O3S/c1-34-23-7-5-19-3-2-4-22(13-20(19)14-23)29-16-18-9-11-30(12-10-18)26(32)17-31-24-15-21(28)6-8-25(24)35-27(31)33/h5-8,14-15,18,22,29H,2-4,9-13,16-17H2,1H3. The smallest absolute Gasteiger partial charge is 0.308 e. The second-order valence-corrected chi connectivity index (χ2v) is 11.2. The topological polar surface area (TPSA) is 63.6 Å². The van der Waals surface area contributed by atoms with Gasteiger partial charge in [0.15, 0.2) is 0 Å². The van der Waals surface area contributed by atoms with Crippen LogP contribution in [0.3, 0.4) is 0 Å². The summed E-state index contributed by atoms with van der Waals surface area (Å²) in [5.41, 5.74) is 3.58. The minimum Gasteiger partial charge on any atom is -0.497 e. The van der Waals surface area contributed by atoms with Crippen molar-refractivity contribution < 1.29 is 9.53 Å². The molecular formula is C27H32ClN3O3S. The number of ether oxygens (including phenoxy) is 1. The number of carbonyl (C=O) groups excluding carboxylic acids is 1. The first kappa shape index (κ1) is 24.3. The van der Waals surface area contributed by atoms with Gasteiger partial charge in [-0.25, -0.2) is 0 Å². The van der Waals surface area contributed by atoms with Crippen molar-refractivity contribution in [1.82, 2.24) is 14.8 Å². The van der Waals surface area contributed by atoms with Crippen LogP contribution in [0.1, 0.15) is 36.8 Å². The fourth-order valence-electron chi connectivity index (χ4n) is 5.38. The van der Waals surface area contributed by atoms with Crippen LogP contribution in [-0.4, -0.2) is 48.2 Å². The van der Waals surface area contributed by atoms with E-state index in [1.165, 1.54) is 24.0 Å². The second-order valence-electron chi connectivity index (χ2n) is 9.73. The zero-order chi connectivity index (χ0) is 24.4. The summed E-state index contributed by atoms with van der Waals surface area (Å²) in [7, 11) is 1.72. The zero-order valence-electron chi connectivity index (χ0n) is 20.1. The van der Waals surface area contributed by atoms with Crippen LogP contribution in [0.25, 0.3) is 10.2 Å².